The minimum atomic E-state index is 0.600. The van der Waals surface area contributed by atoms with Gasteiger partial charge in [0.05, 0.1) is 0 Å². The van der Waals surface area contributed by atoms with Gasteiger partial charge in [-0.05, 0) is 35.1 Å². The number of hydrogen-bond donors (Lipinski definition) is 0. The van der Waals surface area contributed by atoms with Crippen molar-refractivity contribution in [2.75, 3.05) is 0 Å². The van der Waals surface area contributed by atoms with Crippen molar-refractivity contribution in [2.45, 2.75) is 36.0 Å². The molecule has 0 saturated carbocycles. The van der Waals surface area contributed by atoms with Gasteiger partial charge in [0.2, 0.25) is 0 Å². The van der Waals surface area contributed by atoms with E-state index < -0.39 is 0 Å². The first-order chi connectivity index (χ1) is 8.25. The first-order valence-corrected chi connectivity index (χ1v) is 6.95. The van der Waals surface area contributed by atoms with Gasteiger partial charge in [-0.1, -0.05) is 62.0 Å². The zero-order chi connectivity index (χ0) is 11.8. The average molecular weight is 240 g/mol. The molecule has 0 aliphatic carbocycles. The zero-order valence-electron chi connectivity index (χ0n) is 10.2. The molecular formula is C16H16S. The van der Waals surface area contributed by atoms with E-state index in [-0.39, 0.29) is 0 Å². The number of hydrogen-bond acceptors (Lipinski definition) is 1. The fourth-order valence-corrected chi connectivity index (χ4v) is 3.72. The van der Waals surface area contributed by atoms with Gasteiger partial charge in [-0.15, -0.1) is 0 Å². The van der Waals surface area contributed by atoms with E-state index >= 15 is 0 Å². The van der Waals surface area contributed by atoms with Gasteiger partial charge in [-0.2, -0.15) is 0 Å². The van der Waals surface area contributed by atoms with E-state index in [1.807, 2.05) is 11.8 Å². The van der Waals surface area contributed by atoms with Crippen LogP contribution < -0.4 is 0 Å². The Balaban J connectivity index is 2.12. The van der Waals surface area contributed by atoms with E-state index in [0.717, 1.165) is 6.42 Å². The second-order valence-corrected chi connectivity index (χ2v) is 5.93. The van der Waals surface area contributed by atoms with Gasteiger partial charge in [-0.25, -0.2) is 0 Å². The highest BCUT2D eigenvalue weighted by Crippen LogP contribution is 2.42. The summed E-state index contributed by atoms with van der Waals surface area (Å²) in [6, 6.07) is 15.5. The van der Waals surface area contributed by atoms with Gasteiger partial charge in [0, 0.05) is 9.79 Å². The van der Waals surface area contributed by atoms with Gasteiger partial charge < -0.3 is 0 Å². The molecule has 2 aromatic rings. The SMILES string of the molecule is CC(C)c1cccc2c1Sc1ccccc1C2. The highest BCUT2D eigenvalue weighted by Gasteiger charge is 2.19. The van der Waals surface area contributed by atoms with Crippen molar-refractivity contribution >= 4 is 11.8 Å². The quantitative estimate of drug-likeness (QED) is 0.585. The van der Waals surface area contributed by atoms with Crippen LogP contribution in [0.1, 0.15) is 36.5 Å². The highest BCUT2D eigenvalue weighted by atomic mass is 32.2. The molecule has 0 bridgehead atoms. The fraction of sp³-hybridized carbons (Fsp3) is 0.250. The van der Waals surface area contributed by atoms with Crippen LogP contribution in [0, 0.1) is 0 Å². The van der Waals surface area contributed by atoms with E-state index in [0.29, 0.717) is 5.92 Å². The van der Waals surface area contributed by atoms with Crippen molar-refractivity contribution in [3.8, 4) is 0 Å². The van der Waals surface area contributed by atoms with E-state index in [1.165, 1.54) is 26.5 Å². The molecule has 1 heterocycles. The summed E-state index contributed by atoms with van der Waals surface area (Å²) in [5, 5.41) is 0. The van der Waals surface area contributed by atoms with Crippen LogP contribution in [0.5, 0.6) is 0 Å². The van der Waals surface area contributed by atoms with Gasteiger partial charge >= 0.3 is 0 Å². The Kier molecular flexibility index (Phi) is 2.71. The van der Waals surface area contributed by atoms with Crippen LogP contribution in [-0.4, -0.2) is 0 Å². The summed E-state index contributed by atoms with van der Waals surface area (Å²) >= 11 is 1.94. The Morgan fingerprint density at radius 2 is 1.71 bits per heavy atom. The van der Waals surface area contributed by atoms with Crippen LogP contribution in [0.15, 0.2) is 52.3 Å². The molecule has 1 heteroatoms. The molecule has 0 spiro atoms. The van der Waals surface area contributed by atoms with Crippen LogP contribution >= 0.6 is 11.8 Å². The zero-order valence-corrected chi connectivity index (χ0v) is 11.1. The van der Waals surface area contributed by atoms with E-state index in [1.54, 1.807) is 0 Å². The van der Waals surface area contributed by atoms with E-state index in [4.69, 9.17) is 0 Å². The smallest absolute Gasteiger partial charge is 0.0192 e. The van der Waals surface area contributed by atoms with Crippen LogP contribution in [0.25, 0.3) is 0 Å². The highest BCUT2D eigenvalue weighted by molar-refractivity contribution is 7.99. The van der Waals surface area contributed by atoms with Gasteiger partial charge in [0.15, 0.2) is 0 Å². The Bertz CT molecular complexity index is 555. The third kappa shape index (κ3) is 1.89. The second kappa shape index (κ2) is 4.23. The fourth-order valence-electron chi connectivity index (χ4n) is 2.39. The lowest BCUT2D eigenvalue weighted by atomic mass is 9.97. The van der Waals surface area contributed by atoms with Crippen molar-refractivity contribution in [3.05, 3.63) is 59.2 Å². The summed E-state index contributed by atoms with van der Waals surface area (Å²) < 4.78 is 0. The van der Waals surface area contributed by atoms with Crippen LogP contribution in [0.2, 0.25) is 0 Å². The molecule has 0 saturated heterocycles. The maximum Gasteiger partial charge on any atom is 0.0192 e. The van der Waals surface area contributed by atoms with Crippen molar-refractivity contribution in [3.63, 3.8) is 0 Å². The molecule has 1 aliphatic heterocycles. The topological polar surface area (TPSA) is 0 Å². The molecule has 0 N–H and O–H groups in total. The summed E-state index contributed by atoms with van der Waals surface area (Å²) in [6.45, 7) is 4.55. The molecule has 2 aromatic carbocycles. The van der Waals surface area contributed by atoms with Crippen molar-refractivity contribution in [2.24, 2.45) is 0 Å². The molecule has 3 rings (SSSR count). The second-order valence-electron chi connectivity index (χ2n) is 4.88. The largest absolute Gasteiger partial charge is 0.0892 e. The minimum Gasteiger partial charge on any atom is -0.0892 e. The molecule has 0 fully saturated rings. The molecular weight excluding hydrogens is 224 g/mol. The number of rotatable bonds is 1. The Labute approximate surface area is 107 Å². The molecule has 0 unspecified atom stereocenters. The molecule has 0 aromatic heterocycles. The van der Waals surface area contributed by atoms with Crippen LogP contribution in [0.4, 0.5) is 0 Å². The summed E-state index contributed by atoms with van der Waals surface area (Å²) in [4.78, 5) is 2.91. The lowest BCUT2D eigenvalue weighted by Crippen LogP contribution is -2.03. The van der Waals surface area contributed by atoms with Crippen molar-refractivity contribution < 1.29 is 0 Å². The normalized spacial score (nSPS) is 13.4. The Morgan fingerprint density at radius 1 is 0.941 bits per heavy atom. The lowest BCUT2D eigenvalue weighted by molar-refractivity contribution is 0.830. The number of benzene rings is 2. The van der Waals surface area contributed by atoms with Gasteiger partial charge in [0.1, 0.15) is 0 Å². The molecule has 86 valence electrons. The Hall–Kier alpha value is -1.21. The standard InChI is InChI=1S/C16H16S/c1-11(2)14-8-5-7-13-10-12-6-3-4-9-15(12)17-16(13)14/h3-9,11H,10H2,1-2H3. The van der Waals surface area contributed by atoms with Crippen molar-refractivity contribution in [1.29, 1.82) is 0 Å². The third-order valence-corrected chi connectivity index (χ3v) is 4.63. The average Bonchev–Trinajstić information content (AvgIpc) is 2.35. The third-order valence-electron chi connectivity index (χ3n) is 3.31. The summed E-state index contributed by atoms with van der Waals surface area (Å²) in [5.41, 5.74) is 4.44. The summed E-state index contributed by atoms with van der Waals surface area (Å²) in [7, 11) is 0. The van der Waals surface area contributed by atoms with Crippen LogP contribution in [-0.2, 0) is 6.42 Å². The first kappa shape index (κ1) is 10.9. The first-order valence-electron chi connectivity index (χ1n) is 6.13. The molecule has 1 aliphatic rings. The monoisotopic (exact) mass is 240 g/mol. The summed E-state index contributed by atoms with van der Waals surface area (Å²) in [6.07, 6.45) is 1.08. The lowest BCUT2D eigenvalue weighted by Gasteiger charge is -2.22. The van der Waals surface area contributed by atoms with E-state index in [2.05, 4.69) is 56.3 Å². The molecule has 0 atom stereocenters. The molecule has 0 nitrogen and oxygen atoms in total. The van der Waals surface area contributed by atoms with Gasteiger partial charge in [0.25, 0.3) is 0 Å². The van der Waals surface area contributed by atoms with Crippen molar-refractivity contribution in [1.82, 2.24) is 0 Å². The summed E-state index contributed by atoms with van der Waals surface area (Å²) in [5.74, 6) is 0.600. The predicted molar refractivity (Wildman–Crippen MR) is 73.9 cm³/mol. The predicted octanol–water partition coefficient (Wildman–Crippen LogP) is 4.87. The minimum absolute atomic E-state index is 0.600. The molecule has 17 heavy (non-hydrogen) atoms. The van der Waals surface area contributed by atoms with Gasteiger partial charge in [-0.3, -0.25) is 0 Å². The maximum atomic E-state index is 2.27. The Morgan fingerprint density at radius 3 is 2.53 bits per heavy atom. The van der Waals surface area contributed by atoms with Crippen LogP contribution in [0.3, 0.4) is 0 Å². The van der Waals surface area contributed by atoms with E-state index in [9.17, 15) is 0 Å². The molecule has 0 radical (unpaired) electrons. The molecule has 0 amide bonds. The maximum absolute atomic E-state index is 2.27. The number of fused-ring (bicyclic) bond motifs is 2.